The number of nitrogens with zero attached hydrogens (tertiary/aromatic N) is 3. The zero-order valence-electron chi connectivity index (χ0n) is 18.0. The molecule has 33 heavy (non-hydrogen) atoms. The molecule has 0 bridgehead atoms. The van der Waals surface area contributed by atoms with Gasteiger partial charge < -0.3 is 20.4 Å². The van der Waals surface area contributed by atoms with Crippen molar-refractivity contribution in [2.45, 2.75) is 19.1 Å². The Labute approximate surface area is 191 Å². The fourth-order valence-electron chi connectivity index (χ4n) is 4.51. The van der Waals surface area contributed by atoms with E-state index < -0.39 is 12.0 Å². The van der Waals surface area contributed by atoms with Gasteiger partial charge in [0.15, 0.2) is 0 Å². The molecule has 1 atom stereocenters. The van der Waals surface area contributed by atoms with Crippen LogP contribution in [0.15, 0.2) is 54.9 Å². The van der Waals surface area contributed by atoms with E-state index in [4.69, 9.17) is 0 Å². The number of aliphatic hydroxyl groups excluding tert-OH is 1. The van der Waals surface area contributed by atoms with Crippen LogP contribution in [0.1, 0.15) is 12.8 Å². The maximum atomic E-state index is 14.9. The van der Waals surface area contributed by atoms with Crippen molar-refractivity contribution in [3.05, 3.63) is 60.7 Å². The number of para-hydroxylation sites is 1. The van der Waals surface area contributed by atoms with Gasteiger partial charge in [0, 0.05) is 61.9 Å². The van der Waals surface area contributed by atoms with Gasteiger partial charge in [-0.05, 0) is 23.8 Å². The smallest absolute Gasteiger partial charge is 0.229 e. The second-order valence-corrected chi connectivity index (χ2v) is 8.32. The standard InChI is InChI=1S/C25H25FN4O3/c26-21-13-16(4-5-22(21)30-23(31)6-7-24(30)32)19-2-1-3-20(25(19)33)17-12-18(15-28-14-17)29-10-8-27-9-11-29/h1-5,12-15,23,27,31,33H,6-11H2. The average molecular weight is 448 g/mol. The number of aliphatic hydroxyl groups is 1. The summed E-state index contributed by atoms with van der Waals surface area (Å²) >= 11 is 0. The van der Waals surface area contributed by atoms with E-state index in [9.17, 15) is 19.4 Å². The lowest BCUT2D eigenvalue weighted by molar-refractivity contribution is -0.117. The minimum Gasteiger partial charge on any atom is -0.507 e. The van der Waals surface area contributed by atoms with Crippen LogP contribution in [0.3, 0.4) is 0 Å². The highest BCUT2D eigenvalue weighted by Crippen LogP contribution is 2.40. The highest BCUT2D eigenvalue weighted by Gasteiger charge is 2.32. The SMILES string of the molecule is O=C1CCC(O)N1c1ccc(-c2cccc(-c3cncc(N4CCNCC4)c3)c2O)cc1F. The van der Waals surface area contributed by atoms with Gasteiger partial charge in [0.2, 0.25) is 5.91 Å². The van der Waals surface area contributed by atoms with Crippen LogP contribution >= 0.6 is 0 Å². The first-order valence-corrected chi connectivity index (χ1v) is 11.1. The van der Waals surface area contributed by atoms with Crippen molar-refractivity contribution < 1.29 is 19.4 Å². The van der Waals surface area contributed by atoms with Crippen molar-refractivity contribution in [2.24, 2.45) is 0 Å². The highest BCUT2D eigenvalue weighted by molar-refractivity contribution is 5.96. The Morgan fingerprint density at radius 3 is 2.48 bits per heavy atom. The number of anilines is 2. The van der Waals surface area contributed by atoms with E-state index in [1.807, 2.05) is 12.3 Å². The van der Waals surface area contributed by atoms with E-state index in [0.717, 1.165) is 42.3 Å². The summed E-state index contributed by atoms with van der Waals surface area (Å²) < 4.78 is 14.9. The van der Waals surface area contributed by atoms with Crippen molar-refractivity contribution >= 4 is 17.3 Å². The Morgan fingerprint density at radius 1 is 1.03 bits per heavy atom. The Hall–Kier alpha value is -3.49. The van der Waals surface area contributed by atoms with Gasteiger partial charge in [-0.3, -0.25) is 14.7 Å². The van der Waals surface area contributed by atoms with Crippen molar-refractivity contribution in [3.8, 4) is 28.0 Å². The van der Waals surface area contributed by atoms with Crippen molar-refractivity contribution in [2.75, 3.05) is 36.0 Å². The van der Waals surface area contributed by atoms with Crippen LogP contribution in [0, 0.1) is 5.82 Å². The molecular weight excluding hydrogens is 423 g/mol. The number of nitrogens with one attached hydrogen (secondary N) is 1. The van der Waals surface area contributed by atoms with Crippen molar-refractivity contribution in [3.63, 3.8) is 0 Å². The number of halogens is 1. The zero-order chi connectivity index (χ0) is 22.9. The fraction of sp³-hybridized carbons (Fsp3) is 0.280. The molecule has 3 heterocycles. The van der Waals surface area contributed by atoms with Gasteiger partial charge in [-0.15, -0.1) is 0 Å². The number of benzene rings is 2. The lowest BCUT2D eigenvalue weighted by Gasteiger charge is -2.29. The monoisotopic (exact) mass is 448 g/mol. The Morgan fingerprint density at radius 2 is 1.79 bits per heavy atom. The lowest BCUT2D eigenvalue weighted by atomic mass is 9.97. The van der Waals surface area contributed by atoms with Gasteiger partial charge in [-0.2, -0.15) is 0 Å². The summed E-state index contributed by atoms with van der Waals surface area (Å²) in [5, 5.41) is 24.4. The van der Waals surface area contributed by atoms with E-state index in [0.29, 0.717) is 16.7 Å². The van der Waals surface area contributed by atoms with E-state index in [1.54, 1.807) is 30.5 Å². The maximum absolute atomic E-state index is 14.9. The number of aromatic nitrogens is 1. The molecule has 3 aromatic rings. The summed E-state index contributed by atoms with van der Waals surface area (Å²) in [6.45, 7) is 3.59. The lowest BCUT2D eigenvalue weighted by Crippen LogP contribution is -2.43. The van der Waals surface area contributed by atoms with E-state index in [-0.39, 0.29) is 30.2 Å². The molecule has 1 unspecified atom stereocenters. The van der Waals surface area contributed by atoms with E-state index >= 15 is 0 Å². The number of aromatic hydroxyl groups is 1. The Kier molecular flexibility index (Phi) is 5.70. The molecule has 7 nitrogen and oxygen atoms in total. The molecule has 1 aromatic heterocycles. The minimum absolute atomic E-state index is 0.0289. The largest absolute Gasteiger partial charge is 0.507 e. The number of rotatable bonds is 4. The molecule has 0 spiro atoms. The number of phenols is 1. The quantitative estimate of drug-likeness (QED) is 0.569. The van der Waals surface area contributed by atoms with E-state index in [2.05, 4.69) is 15.2 Å². The van der Waals surface area contributed by atoms with Gasteiger partial charge in [0.25, 0.3) is 0 Å². The highest BCUT2D eigenvalue weighted by atomic mass is 19.1. The third-order valence-corrected chi connectivity index (χ3v) is 6.25. The molecule has 2 aliphatic rings. The molecule has 2 saturated heterocycles. The summed E-state index contributed by atoms with van der Waals surface area (Å²) in [7, 11) is 0. The molecule has 2 fully saturated rings. The molecular formula is C25H25FN4O3. The Balaban J connectivity index is 1.48. The molecule has 1 amide bonds. The molecule has 2 aliphatic heterocycles. The number of hydrogen-bond donors (Lipinski definition) is 3. The normalized spacial score (nSPS) is 18.7. The van der Waals surface area contributed by atoms with Crippen LogP contribution in [0.4, 0.5) is 15.8 Å². The second-order valence-electron chi connectivity index (χ2n) is 8.32. The number of pyridine rings is 1. The molecule has 170 valence electrons. The predicted molar refractivity (Wildman–Crippen MR) is 125 cm³/mol. The molecule has 8 heteroatoms. The van der Waals surface area contributed by atoms with E-state index in [1.165, 1.54) is 12.1 Å². The summed E-state index contributed by atoms with van der Waals surface area (Å²) in [5.74, 6) is -0.911. The molecule has 5 rings (SSSR count). The van der Waals surface area contributed by atoms with Crippen molar-refractivity contribution in [1.82, 2.24) is 10.3 Å². The molecule has 2 aromatic carbocycles. The number of carbonyl (C=O) groups excluding carboxylic acids is 1. The van der Waals surface area contributed by atoms with Crippen LogP contribution in [-0.4, -0.2) is 53.5 Å². The third-order valence-electron chi connectivity index (χ3n) is 6.25. The molecule has 0 saturated carbocycles. The number of hydrogen-bond acceptors (Lipinski definition) is 6. The van der Waals surface area contributed by atoms with Crippen LogP contribution < -0.4 is 15.1 Å². The second kappa shape index (κ2) is 8.80. The van der Waals surface area contributed by atoms with Gasteiger partial charge in [-0.1, -0.05) is 24.3 Å². The number of phenolic OH excluding ortho intramolecular Hbond substituents is 1. The van der Waals surface area contributed by atoms with Crippen LogP contribution in [0.5, 0.6) is 5.75 Å². The third kappa shape index (κ3) is 4.03. The van der Waals surface area contributed by atoms with Crippen molar-refractivity contribution in [1.29, 1.82) is 0 Å². The summed E-state index contributed by atoms with van der Waals surface area (Å²) in [6, 6.07) is 11.7. The maximum Gasteiger partial charge on any atom is 0.229 e. The topological polar surface area (TPSA) is 88.9 Å². The molecule has 0 aliphatic carbocycles. The summed E-state index contributed by atoms with van der Waals surface area (Å²) in [4.78, 5) is 19.7. The van der Waals surface area contributed by atoms with Crippen LogP contribution in [0.25, 0.3) is 22.3 Å². The summed E-state index contributed by atoms with van der Waals surface area (Å²) in [5.41, 5.74) is 3.35. The average Bonchev–Trinajstić information content (AvgIpc) is 3.17. The number of carbonyl (C=O) groups is 1. The van der Waals surface area contributed by atoms with Crippen LogP contribution in [0.2, 0.25) is 0 Å². The van der Waals surface area contributed by atoms with Gasteiger partial charge in [0.1, 0.15) is 17.8 Å². The van der Waals surface area contributed by atoms with Crippen LogP contribution in [-0.2, 0) is 4.79 Å². The first-order valence-electron chi connectivity index (χ1n) is 11.1. The summed E-state index contributed by atoms with van der Waals surface area (Å²) in [6.07, 6.45) is 2.97. The molecule has 3 N–H and O–H groups in total. The van der Waals surface area contributed by atoms with Gasteiger partial charge in [-0.25, -0.2) is 4.39 Å². The predicted octanol–water partition coefficient (Wildman–Crippen LogP) is 3.12. The van der Waals surface area contributed by atoms with Gasteiger partial charge in [0.05, 0.1) is 17.6 Å². The van der Waals surface area contributed by atoms with Gasteiger partial charge >= 0.3 is 0 Å². The number of piperazine rings is 1. The Bertz CT molecular complexity index is 1200. The number of amides is 1. The first kappa shape index (κ1) is 21.4. The first-order chi connectivity index (χ1) is 16.0. The fourth-order valence-corrected chi connectivity index (χ4v) is 4.51. The zero-order valence-corrected chi connectivity index (χ0v) is 18.0. The molecule has 0 radical (unpaired) electrons. The minimum atomic E-state index is -1.02.